The summed E-state index contributed by atoms with van der Waals surface area (Å²) in [6, 6.07) is 3.90. The van der Waals surface area contributed by atoms with E-state index in [1.807, 2.05) is 31.0 Å². The first-order chi connectivity index (χ1) is 10.8. The number of benzene rings is 1. The van der Waals surface area contributed by atoms with Crippen LogP contribution in [0.3, 0.4) is 0 Å². The summed E-state index contributed by atoms with van der Waals surface area (Å²) >= 11 is 6.28. The van der Waals surface area contributed by atoms with Gasteiger partial charge < -0.3 is 15.5 Å². The van der Waals surface area contributed by atoms with Crippen molar-refractivity contribution in [2.75, 3.05) is 27.2 Å². The van der Waals surface area contributed by atoms with Crippen LogP contribution in [-0.4, -0.2) is 48.8 Å². The molecule has 1 fully saturated rings. The molecule has 1 saturated heterocycles. The van der Waals surface area contributed by atoms with Crippen LogP contribution in [0.2, 0.25) is 5.02 Å². The summed E-state index contributed by atoms with van der Waals surface area (Å²) in [5.41, 5.74) is 8.94. The molecule has 5 nitrogen and oxygen atoms in total. The Morgan fingerprint density at radius 3 is 2.48 bits per heavy atom. The second-order valence-corrected chi connectivity index (χ2v) is 6.78. The largest absolute Gasteiger partial charge is 0.327 e. The number of rotatable bonds is 4. The van der Waals surface area contributed by atoms with Crippen molar-refractivity contribution >= 4 is 17.5 Å². The maximum Gasteiger partial charge on any atom is 0.228 e. The van der Waals surface area contributed by atoms with Crippen LogP contribution in [0.4, 0.5) is 0 Å². The Morgan fingerprint density at radius 1 is 1.35 bits per heavy atom. The Bertz CT molecular complexity index is 583. The maximum absolute atomic E-state index is 12.7. The third kappa shape index (κ3) is 4.04. The molecule has 1 aromatic rings. The van der Waals surface area contributed by atoms with E-state index in [9.17, 15) is 4.79 Å². The van der Waals surface area contributed by atoms with Gasteiger partial charge in [0.25, 0.3) is 0 Å². The number of hydrogen-bond donors (Lipinski definition) is 1. The van der Waals surface area contributed by atoms with Gasteiger partial charge in [-0.1, -0.05) is 17.7 Å². The van der Waals surface area contributed by atoms with Gasteiger partial charge in [0.2, 0.25) is 5.91 Å². The van der Waals surface area contributed by atoms with E-state index in [0.29, 0.717) is 17.9 Å². The summed E-state index contributed by atoms with van der Waals surface area (Å²) < 4.78 is 0. The minimum Gasteiger partial charge on any atom is -0.327 e. The topological polar surface area (TPSA) is 58.8 Å². The Morgan fingerprint density at radius 2 is 1.91 bits per heavy atom. The van der Waals surface area contributed by atoms with Crippen molar-refractivity contribution in [1.29, 1.82) is 0 Å². The second-order valence-electron chi connectivity index (χ2n) is 6.37. The number of nitrogens with zero attached hydrogens (tertiary/aromatic N) is 2. The highest BCUT2D eigenvalue weighted by atomic mass is 35.5. The number of carbonyl (C=O) groups excluding carboxylic acids is 1. The molecule has 1 aromatic carbocycles. The molecule has 23 heavy (non-hydrogen) atoms. The molecule has 6 heteroatoms. The number of piperidine rings is 1. The number of likely N-dealkylation sites (N-methyl/N-ethyl adjacent to an activating group) is 1. The highest BCUT2D eigenvalue weighted by Gasteiger charge is 2.37. The molecule has 1 heterocycles. The fourth-order valence-corrected chi connectivity index (χ4v) is 3.18. The molecule has 2 N–H and O–H groups in total. The van der Waals surface area contributed by atoms with E-state index in [4.69, 9.17) is 22.2 Å². The number of hydroxylamine groups is 2. The van der Waals surface area contributed by atoms with Crippen LogP contribution in [0, 0.1) is 13.8 Å². The van der Waals surface area contributed by atoms with Crippen LogP contribution in [0.25, 0.3) is 0 Å². The van der Waals surface area contributed by atoms with Gasteiger partial charge in [0.05, 0.1) is 19.2 Å². The van der Waals surface area contributed by atoms with Crippen LogP contribution in [0.1, 0.15) is 29.5 Å². The quantitative estimate of drug-likeness (QED) is 0.855. The number of nitrogens with two attached hydrogens (primary N) is 1. The van der Waals surface area contributed by atoms with Gasteiger partial charge in [-0.25, -0.2) is 0 Å². The first kappa shape index (κ1) is 18.2. The van der Waals surface area contributed by atoms with Crippen molar-refractivity contribution < 1.29 is 9.63 Å². The molecule has 0 spiro atoms. The number of halogens is 1. The third-order valence-electron chi connectivity index (χ3n) is 4.89. The van der Waals surface area contributed by atoms with E-state index < -0.39 is 5.66 Å². The van der Waals surface area contributed by atoms with E-state index in [0.717, 1.165) is 29.8 Å². The van der Waals surface area contributed by atoms with Crippen molar-refractivity contribution in [3.05, 3.63) is 33.8 Å². The third-order valence-corrected chi connectivity index (χ3v) is 5.24. The van der Waals surface area contributed by atoms with E-state index in [-0.39, 0.29) is 12.3 Å². The molecule has 0 bridgehead atoms. The summed E-state index contributed by atoms with van der Waals surface area (Å²) in [4.78, 5) is 19.5. The SMILES string of the molecule is CON1CCC(N)(N(C)C(=O)Cc2cc(C)c(C)cc2Cl)CC1. The van der Waals surface area contributed by atoms with E-state index >= 15 is 0 Å². The summed E-state index contributed by atoms with van der Waals surface area (Å²) in [5.74, 6) is -0.0106. The summed E-state index contributed by atoms with van der Waals surface area (Å²) in [6.07, 6.45) is 1.64. The van der Waals surface area contributed by atoms with Crippen molar-refractivity contribution in [2.24, 2.45) is 5.73 Å². The smallest absolute Gasteiger partial charge is 0.228 e. The summed E-state index contributed by atoms with van der Waals surface area (Å²) in [6.45, 7) is 5.47. The molecular formula is C17H26ClN3O2. The van der Waals surface area contributed by atoms with Crippen LogP contribution in [-0.2, 0) is 16.1 Å². The minimum absolute atomic E-state index is 0.0106. The molecule has 1 amide bonds. The molecule has 0 saturated carbocycles. The first-order valence-corrected chi connectivity index (χ1v) is 8.25. The van der Waals surface area contributed by atoms with Crippen LogP contribution >= 0.6 is 11.6 Å². The van der Waals surface area contributed by atoms with Crippen LogP contribution in [0.5, 0.6) is 0 Å². The molecule has 2 rings (SSSR count). The molecule has 0 unspecified atom stereocenters. The molecular weight excluding hydrogens is 314 g/mol. The number of aryl methyl sites for hydroxylation is 2. The van der Waals surface area contributed by atoms with Gasteiger partial charge in [-0.2, -0.15) is 5.06 Å². The lowest BCUT2D eigenvalue weighted by atomic mass is 9.96. The molecule has 1 aliphatic rings. The van der Waals surface area contributed by atoms with Gasteiger partial charge in [-0.05, 0) is 49.4 Å². The number of carbonyl (C=O) groups is 1. The van der Waals surface area contributed by atoms with Gasteiger partial charge in [0.15, 0.2) is 0 Å². The van der Waals surface area contributed by atoms with Crippen molar-refractivity contribution in [3.8, 4) is 0 Å². The van der Waals surface area contributed by atoms with Gasteiger partial charge in [0.1, 0.15) is 0 Å². The Hall–Kier alpha value is -1.14. The molecule has 0 aromatic heterocycles. The molecule has 0 radical (unpaired) electrons. The lowest BCUT2D eigenvalue weighted by molar-refractivity contribution is -0.166. The second kappa shape index (κ2) is 7.18. The monoisotopic (exact) mass is 339 g/mol. The standard InChI is InChI=1S/C17H26ClN3O2/c1-12-9-14(15(18)10-13(12)2)11-16(22)20(3)17(19)5-7-21(23-4)8-6-17/h9-10H,5-8,11,19H2,1-4H3. The zero-order chi connectivity index (χ0) is 17.2. The summed E-state index contributed by atoms with van der Waals surface area (Å²) in [5, 5.41) is 2.50. The van der Waals surface area contributed by atoms with Crippen molar-refractivity contribution in [3.63, 3.8) is 0 Å². The van der Waals surface area contributed by atoms with Crippen LogP contribution in [0.15, 0.2) is 12.1 Å². The van der Waals surface area contributed by atoms with Gasteiger partial charge in [-0.15, -0.1) is 0 Å². The average Bonchev–Trinajstić information content (AvgIpc) is 2.52. The van der Waals surface area contributed by atoms with Crippen molar-refractivity contribution in [2.45, 2.75) is 38.8 Å². The highest BCUT2D eigenvalue weighted by molar-refractivity contribution is 6.31. The van der Waals surface area contributed by atoms with E-state index in [1.165, 1.54) is 0 Å². The fraction of sp³-hybridized carbons (Fsp3) is 0.588. The molecule has 0 aliphatic carbocycles. The molecule has 128 valence electrons. The first-order valence-electron chi connectivity index (χ1n) is 7.87. The normalized spacial score (nSPS) is 18.0. The zero-order valence-corrected chi connectivity index (χ0v) is 15.1. The van der Waals surface area contributed by atoms with E-state index in [1.54, 1.807) is 19.1 Å². The van der Waals surface area contributed by atoms with Gasteiger partial charge >= 0.3 is 0 Å². The van der Waals surface area contributed by atoms with E-state index in [2.05, 4.69) is 0 Å². The predicted molar refractivity (Wildman–Crippen MR) is 92.1 cm³/mol. The van der Waals surface area contributed by atoms with Crippen LogP contribution < -0.4 is 5.73 Å². The zero-order valence-electron chi connectivity index (χ0n) is 14.4. The van der Waals surface area contributed by atoms with Gasteiger partial charge in [-0.3, -0.25) is 4.79 Å². The highest BCUT2D eigenvalue weighted by Crippen LogP contribution is 2.26. The lowest BCUT2D eigenvalue weighted by Crippen LogP contribution is -2.61. The lowest BCUT2D eigenvalue weighted by Gasteiger charge is -2.44. The minimum atomic E-state index is -0.627. The van der Waals surface area contributed by atoms with Gasteiger partial charge in [0, 0.05) is 25.2 Å². The maximum atomic E-state index is 12.7. The Balaban J connectivity index is 2.07. The van der Waals surface area contributed by atoms with Crippen molar-refractivity contribution in [1.82, 2.24) is 9.96 Å². The average molecular weight is 340 g/mol. The predicted octanol–water partition coefficient (Wildman–Crippen LogP) is 2.27. The molecule has 1 aliphatic heterocycles. The fourth-order valence-electron chi connectivity index (χ4n) is 2.90. The summed E-state index contributed by atoms with van der Waals surface area (Å²) in [7, 11) is 3.43. The number of hydrogen-bond acceptors (Lipinski definition) is 4. The Kier molecular flexibility index (Phi) is 5.68. The number of amides is 1. The Labute approximate surface area is 143 Å². The molecule has 0 atom stereocenters.